The highest BCUT2D eigenvalue weighted by Gasteiger charge is 2.20. The zero-order valence-corrected chi connectivity index (χ0v) is 15.7. The molecule has 1 aromatic carbocycles. The number of nitrogens with zero attached hydrogens (tertiary/aromatic N) is 3. The number of carbonyl (C=O) groups excluding carboxylic acids is 2. The summed E-state index contributed by atoms with van der Waals surface area (Å²) in [7, 11) is 1.50. The smallest absolute Gasteiger partial charge is 0.271 e. The van der Waals surface area contributed by atoms with Gasteiger partial charge in [-0.1, -0.05) is 0 Å². The van der Waals surface area contributed by atoms with Crippen molar-refractivity contribution in [2.75, 3.05) is 12.4 Å². The number of aryl methyl sites for hydroxylation is 1. The van der Waals surface area contributed by atoms with Gasteiger partial charge in [0.1, 0.15) is 0 Å². The second-order valence-electron chi connectivity index (χ2n) is 5.81. The van der Waals surface area contributed by atoms with Gasteiger partial charge in [0.25, 0.3) is 11.8 Å². The minimum Gasteiger partial charge on any atom is -0.354 e. The normalized spacial score (nSPS) is 10.6. The second kappa shape index (κ2) is 8.17. The fourth-order valence-corrected chi connectivity index (χ4v) is 3.35. The molecule has 0 atom stereocenters. The molecule has 0 bridgehead atoms. The van der Waals surface area contributed by atoms with Crippen LogP contribution in [-0.4, -0.2) is 33.4 Å². The van der Waals surface area contributed by atoms with Crippen LogP contribution in [-0.2, 0) is 6.42 Å². The molecule has 10 heteroatoms. The average molecular weight is 403 g/mol. The number of amides is 2. The summed E-state index contributed by atoms with van der Waals surface area (Å²) < 4.78 is 30.6. The van der Waals surface area contributed by atoms with Crippen LogP contribution in [0.5, 0.6) is 0 Å². The molecule has 2 N–H and O–H groups in total. The van der Waals surface area contributed by atoms with Gasteiger partial charge in [-0.05, 0) is 42.7 Å². The van der Waals surface area contributed by atoms with Crippen molar-refractivity contribution in [1.82, 2.24) is 19.9 Å². The first-order chi connectivity index (χ1) is 13.4. The van der Waals surface area contributed by atoms with Gasteiger partial charge in [-0.15, -0.1) is 5.10 Å². The quantitative estimate of drug-likeness (QED) is 0.683. The Bertz CT molecular complexity index is 1040. The molecule has 0 saturated carbocycles. The first-order valence-electron chi connectivity index (χ1n) is 8.15. The molecule has 3 aromatic rings. The zero-order valence-electron chi connectivity index (χ0n) is 14.9. The lowest BCUT2D eigenvalue weighted by Gasteiger charge is -2.07. The Morgan fingerprint density at radius 2 is 1.86 bits per heavy atom. The van der Waals surface area contributed by atoms with Crippen LogP contribution >= 0.6 is 11.5 Å². The van der Waals surface area contributed by atoms with Crippen molar-refractivity contribution >= 4 is 29.0 Å². The van der Waals surface area contributed by atoms with Crippen molar-refractivity contribution in [3.05, 3.63) is 69.5 Å². The number of benzene rings is 1. The van der Waals surface area contributed by atoms with E-state index in [1.807, 2.05) is 0 Å². The molecule has 28 heavy (non-hydrogen) atoms. The number of hydrogen-bond acceptors (Lipinski definition) is 6. The molecular weight excluding hydrogens is 388 g/mol. The lowest BCUT2D eigenvalue weighted by Crippen LogP contribution is -2.20. The molecule has 0 unspecified atom stereocenters. The number of nitrogens with one attached hydrogen (secondary N) is 2. The maximum Gasteiger partial charge on any atom is 0.271 e. The van der Waals surface area contributed by atoms with Crippen molar-refractivity contribution in [2.45, 2.75) is 13.3 Å². The fourth-order valence-electron chi connectivity index (χ4n) is 2.46. The van der Waals surface area contributed by atoms with Crippen molar-refractivity contribution in [2.24, 2.45) is 0 Å². The molecule has 0 radical (unpaired) electrons. The van der Waals surface area contributed by atoms with Crippen molar-refractivity contribution in [1.29, 1.82) is 0 Å². The lowest BCUT2D eigenvalue weighted by atomic mass is 10.1. The molecule has 0 aliphatic heterocycles. The van der Waals surface area contributed by atoms with Crippen LogP contribution in [0.15, 0.2) is 30.3 Å². The molecule has 0 aliphatic carbocycles. The maximum absolute atomic E-state index is 13.4. The third kappa shape index (κ3) is 4.17. The number of anilines is 1. The SMILES string of the molecule is CNC(=O)c1ccc(Cc2snc(C)c2C(=O)Nc2ccc(F)c(F)c2)nn1. The number of aromatic nitrogens is 3. The van der Waals surface area contributed by atoms with E-state index >= 15 is 0 Å². The summed E-state index contributed by atoms with van der Waals surface area (Å²) in [5.74, 6) is -2.88. The van der Waals surface area contributed by atoms with E-state index in [9.17, 15) is 18.4 Å². The Morgan fingerprint density at radius 1 is 1.07 bits per heavy atom. The second-order valence-corrected chi connectivity index (χ2v) is 6.67. The number of halogens is 2. The molecule has 0 spiro atoms. The van der Waals surface area contributed by atoms with Crippen molar-refractivity contribution in [3.8, 4) is 0 Å². The molecular formula is C18H15F2N5O2S. The van der Waals surface area contributed by atoms with Crippen LogP contribution in [0.2, 0.25) is 0 Å². The molecule has 0 aliphatic rings. The van der Waals surface area contributed by atoms with Gasteiger partial charge in [-0.2, -0.15) is 9.47 Å². The summed E-state index contributed by atoms with van der Waals surface area (Å²) >= 11 is 1.14. The number of carbonyl (C=O) groups is 2. The Hall–Kier alpha value is -3.27. The standard InChI is InChI=1S/C18H15F2N5O2S/c1-9-16(18(27)22-10-3-5-12(19)13(20)7-10)15(28-25-9)8-11-4-6-14(24-23-11)17(26)21-2/h3-7H,8H2,1-2H3,(H,21,26)(H,22,27). The van der Waals surface area contributed by atoms with E-state index in [4.69, 9.17) is 0 Å². The monoisotopic (exact) mass is 403 g/mol. The third-order valence-corrected chi connectivity index (χ3v) is 4.79. The van der Waals surface area contributed by atoms with Gasteiger partial charge in [0.15, 0.2) is 17.3 Å². The van der Waals surface area contributed by atoms with Crippen molar-refractivity contribution in [3.63, 3.8) is 0 Å². The number of rotatable bonds is 5. The summed E-state index contributed by atoms with van der Waals surface area (Å²) in [6.07, 6.45) is 0.285. The largest absolute Gasteiger partial charge is 0.354 e. The van der Waals surface area contributed by atoms with E-state index in [-0.39, 0.29) is 23.7 Å². The van der Waals surface area contributed by atoms with Crippen LogP contribution in [0.4, 0.5) is 14.5 Å². The van der Waals surface area contributed by atoms with Gasteiger partial charge in [0, 0.05) is 30.1 Å². The summed E-state index contributed by atoms with van der Waals surface area (Å²) in [5, 5.41) is 12.9. The molecule has 2 aromatic heterocycles. The van der Waals surface area contributed by atoms with E-state index < -0.39 is 17.5 Å². The average Bonchev–Trinajstić information content (AvgIpc) is 3.05. The van der Waals surface area contributed by atoms with Crippen LogP contribution in [0.25, 0.3) is 0 Å². The molecule has 3 rings (SSSR count). The highest BCUT2D eigenvalue weighted by Crippen LogP contribution is 2.23. The minimum atomic E-state index is -1.05. The van der Waals surface area contributed by atoms with Gasteiger partial charge in [0.2, 0.25) is 0 Å². The van der Waals surface area contributed by atoms with E-state index in [0.29, 0.717) is 21.8 Å². The Morgan fingerprint density at radius 3 is 2.50 bits per heavy atom. The summed E-state index contributed by atoms with van der Waals surface area (Å²) in [6.45, 7) is 1.68. The predicted molar refractivity (Wildman–Crippen MR) is 99.4 cm³/mol. The fraction of sp³-hybridized carbons (Fsp3) is 0.167. The summed E-state index contributed by atoms with van der Waals surface area (Å²) in [4.78, 5) is 24.8. The Kier molecular flexibility index (Phi) is 5.69. The topological polar surface area (TPSA) is 96.9 Å². The first kappa shape index (κ1) is 19.5. The molecule has 2 amide bonds. The van der Waals surface area contributed by atoms with Gasteiger partial charge in [-0.3, -0.25) is 9.59 Å². The van der Waals surface area contributed by atoms with Crippen LogP contribution < -0.4 is 10.6 Å². The van der Waals surface area contributed by atoms with E-state index in [2.05, 4.69) is 25.2 Å². The van der Waals surface area contributed by atoms with Crippen LogP contribution in [0, 0.1) is 18.6 Å². The van der Waals surface area contributed by atoms with E-state index in [1.54, 1.807) is 13.0 Å². The lowest BCUT2D eigenvalue weighted by molar-refractivity contribution is 0.0956. The Labute approximate surface area is 163 Å². The molecule has 2 heterocycles. The molecule has 0 fully saturated rings. The van der Waals surface area contributed by atoms with Gasteiger partial charge >= 0.3 is 0 Å². The highest BCUT2D eigenvalue weighted by molar-refractivity contribution is 7.06. The molecule has 0 saturated heterocycles. The van der Waals surface area contributed by atoms with Gasteiger partial charge < -0.3 is 10.6 Å². The summed E-state index contributed by atoms with van der Waals surface area (Å²) in [6, 6.07) is 6.30. The van der Waals surface area contributed by atoms with Crippen molar-refractivity contribution < 1.29 is 18.4 Å². The number of hydrogen-bond donors (Lipinski definition) is 2. The van der Waals surface area contributed by atoms with Crippen LogP contribution in [0.1, 0.15) is 37.1 Å². The molecule has 7 nitrogen and oxygen atoms in total. The van der Waals surface area contributed by atoms with Gasteiger partial charge in [-0.25, -0.2) is 8.78 Å². The van der Waals surface area contributed by atoms with E-state index in [1.165, 1.54) is 19.2 Å². The first-order valence-corrected chi connectivity index (χ1v) is 8.92. The van der Waals surface area contributed by atoms with Gasteiger partial charge in [0.05, 0.1) is 17.0 Å². The zero-order chi connectivity index (χ0) is 20.3. The maximum atomic E-state index is 13.4. The Balaban J connectivity index is 1.80. The molecule has 144 valence electrons. The predicted octanol–water partition coefficient (Wildman–Crippen LogP) is 2.72. The third-order valence-electron chi connectivity index (χ3n) is 3.86. The van der Waals surface area contributed by atoms with E-state index in [0.717, 1.165) is 23.7 Å². The van der Waals surface area contributed by atoms with Crippen LogP contribution in [0.3, 0.4) is 0 Å². The highest BCUT2D eigenvalue weighted by atomic mass is 32.1. The minimum absolute atomic E-state index is 0.134. The summed E-state index contributed by atoms with van der Waals surface area (Å²) in [5.41, 5.74) is 1.72.